The number of thioether (sulfide) groups is 1. The zero-order chi connectivity index (χ0) is 13.2. The number of nitrogens with two attached hydrogens (primary N) is 1. The fraction of sp³-hybridized carbons (Fsp3) is 0.500. The van der Waals surface area contributed by atoms with Crippen LogP contribution in [0.4, 0.5) is 10.1 Å². The molecule has 1 heterocycles. The molecule has 1 fully saturated rings. The molecule has 0 amide bonds. The highest BCUT2D eigenvalue weighted by atomic mass is 32.2. The summed E-state index contributed by atoms with van der Waals surface area (Å²) < 4.78 is 13.8. The van der Waals surface area contributed by atoms with Gasteiger partial charge < -0.3 is 5.73 Å². The van der Waals surface area contributed by atoms with Crippen LogP contribution >= 0.6 is 11.8 Å². The van der Waals surface area contributed by atoms with E-state index >= 15 is 0 Å². The van der Waals surface area contributed by atoms with E-state index in [4.69, 9.17) is 5.73 Å². The lowest BCUT2D eigenvalue weighted by Gasteiger charge is -2.26. The number of hydrogen-bond acceptors (Lipinski definition) is 4. The Bertz CT molecular complexity index is 461. The van der Waals surface area contributed by atoms with E-state index in [-0.39, 0.29) is 4.75 Å². The molecule has 1 saturated heterocycles. The van der Waals surface area contributed by atoms with Gasteiger partial charge in [-0.2, -0.15) is 16.2 Å². The molecule has 98 valence electrons. The van der Waals surface area contributed by atoms with Gasteiger partial charge in [0, 0.05) is 17.4 Å². The molecule has 0 aromatic heterocycles. The SMILES string of the molecule is NCC1(Cc2cccc([N+](=O)[O-])c2F)CCCS1. The minimum atomic E-state index is -0.720. The molecule has 0 saturated carbocycles. The zero-order valence-electron chi connectivity index (χ0n) is 9.89. The van der Waals surface area contributed by atoms with Gasteiger partial charge in [-0.3, -0.25) is 10.1 Å². The predicted octanol–water partition coefficient (Wildman–Crippen LogP) is 2.50. The van der Waals surface area contributed by atoms with E-state index in [2.05, 4.69) is 0 Å². The molecule has 1 unspecified atom stereocenters. The van der Waals surface area contributed by atoms with Gasteiger partial charge >= 0.3 is 5.69 Å². The topological polar surface area (TPSA) is 69.2 Å². The van der Waals surface area contributed by atoms with Gasteiger partial charge in [-0.1, -0.05) is 12.1 Å². The van der Waals surface area contributed by atoms with Crippen molar-refractivity contribution in [3.05, 3.63) is 39.7 Å². The van der Waals surface area contributed by atoms with Gasteiger partial charge in [0.05, 0.1) is 4.92 Å². The van der Waals surface area contributed by atoms with E-state index in [1.54, 1.807) is 17.8 Å². The third-order valence-corrected chi connectivity index (χ3v) is 4.94. The molecule has 4 nitrogen and oxygen atoms in total. The van der Waals surface area contributed by atoms with Crippen LogP contribution in [0.25, 0.3) is 0 Å². The summed E-state index contributed by atoms with van der Waals surface area (Å²) in [6.07, 6.45) is 2.47. The lowest BCUT2D eigenvalue weighted by Crippen LogP contribution is -2.34. The Morgan fingerprint density at radius 3 is 2.89 bits per heavy atom. The van der Waals surface area contributed by atoms with Crippen molar-refractivity contribution in [2.45, 2.75) is 24.0 Å². The predicted molar refractivity (Wildman–Crippen MR) is 70.2 cm³/mol. The van der Waals surface area contributed by atoms with Gasteiger partial charge in [0.15, 0.2) is 0 Å². The maximum atomic E-state index is 14.0. The molecule has 1 aromatic carbocycles. The van der Waals surface area contributed by atoms with E-state index in [0.29, 0.717) is 18.5 Å². The summed E-state index contributed by atoms with van der Waals surface area (Å²) in [7, 11) is 0. The molecular weight excluding hydrogens is 255 g/mol. The first kappa shape index (κ1) is 13.3. The van der Waals surface area contributed by atoms with Crippen LogP contribution in [0.5, 0.6) is 0 Å². The van der Waals surface area contributed by atoms with Gasteiger partial charge in [0.1, 0.15) is 0 Å². The fourth-order valence-corrected chi connectivity index (χ4v) is 3.70. The van der Waals surface area contributed by atoms with Crippen LogP contribution in [0.1, 0.15) is 18.4 Å². The average molecular weight is 270 g/mol. The fourth-order valence-electron chi connectivity index (χ4n) is 2.32. The third-order valence-electron chi connectivity index (χ3n) is 3.32. The average Bonchev–Trinajstić information content (AvgIpc) is 2.81. The van der Waals surface area contributed by atoms with Crippen molar-refractivity contribution in [3.63, 3.8) is 0 Å². The Kier molecular flexibility index (Phi) is 3.87. The van der Waals surface area contributed by atoms with Crippen molar-refractivity contribution in [1.82, 2.24) is 0 Å². The first-order valence-electron chi connectivity index (χ1n) is 5.84. The van der Waals surface area contributed by atoms with E-state index in [1.807, 2.05) is 0 Å². The monoisotopic (exact) mass is 270 g/mol. The molecule has 2 rings (SSSR count). The standard InChI is InChI=1S/C12H15FN2O2S/c13-11-9(3-1-4-10(11)15(16)17)7-12(8-14)5-2-6-18-12/h1,3-4H,2,5-8,14H2. The van der Waals surface area contributed by atoms with E-state index in [9.17, 15) is 14.5 Å². The number of nitro groups is 1. The highest BCUT2D eigenvalue weighted by Crippen LogP contribution is 2.40. The van der Waals surface area contributed by atoms with Crippen LogP contribution in [-0.2, 0) is 6.42 Å². The van der Waals surface area contributed by atoms with E-state index in [0.717, 1.165) is 18.6 Å². The first-order valence-corrected chi connectivity index (χ1v) is 6.82. The third kappa shape index (κ3) is 2.49. The molecule has 6 heteroatoms. The molecule has 0 radical (unpaired) electrons. The minimum Gasteiger partial charge on any atom is -0.329 e. The summed E-state index contributed by atoms with van der Waals surface area (Å²) in [6.45, 7) is 0.472. The van der Waals surface area contributed by atoms with Crippen molar-refractivity contribution < 1.29 is 9.31 Å². The van der Waals surface area contributed by atoms with Gasteiger partial charge in [-0.15, -0.1) is 0 Å². The largest absolute Gasteiger partial charge is 0.329 e. The summed E-state index contributed by atoms with van der Waals surface area (Å²) in [5.74, 6) is 0.302. The smallest absolute Gasteiger partial charge is 0.305 e. The molecule has 0 spiro atoms. The van der Waals surface area contributed by atoms with Crippen molar-refractivity contribution in [3.8, 4) is 0 Å². The van der Waals surface area contributed by atoms with Crippen molar-refractivity contribution >= 4 is 17.4 Å². The highest BCUT2D eigenvalue weighted by Gasteiger charge is 2.35. The molecule has 2 N–H and O–H groups in total. The Balaban J connectivity index is 2.29. The molecule has 1 aromatic rings. The molecule has 1 atom stereocenters. The number of nitrogens with zero attached hydrogens (tertiary/aromatic N) is 1. The van der Waals surface area contributed by atoms with Crippen molar-refractivity contribution in [2.75, 3.05) is 12.3 Å². The van der Waals surface area contributed by atoms with E-state index in [1.165, 1.54) is 12.1 Å². The van der Waals surface area contributed by atoms with Gasteiger partial charge in [0.25, 0.3) is 0 Å². The summed E-state index contributed by atoms with van der Waals surface area (Å²) >= 11 is 1.75. The lowest BCUT2D eigenvalue weighted by atomic mass is 9.94. The van der Waals surface area contributed by atoms with Gasteiger partial charge in [-0.25, -0.2) is 0 Å². The van der Waals surface area contributed by atoms with Gasteiger partial charge in [0.2, 0.25) is 5.82 Å². The Morgan fingerprint density at radius 1 is 1.56 bits per heavy atom. The van der Waals surface area contributed by atoms with Crippen LogP contribution in [0.2, 0.25) is 0 Å². The number of nitro benzene ring substituents is 1. The Morgan fingerprint density at radius 2 is 2.33 bits per heavy atom. The quantitative estimate of drug-likeness (QED) is 0.674. The van der Waals surface area contributed by atoms with Crippen LogP contribution in [0.15, 0.2) is 18.2 Å². The second-order valence-electron chi connectivity index (χ2n) is 4.52. The zero-order valence-corrected chi connectivity index (χ0v) is 10.7. The Labute approximate surface area is 109 Å². The summed E-state index contributed by atoms with van der Waals surface area (Å²) in [5, 5.41) is 10.7. The van der Waals surface area contributed by atoms with E-state index < -0.39 is 16.4 Å². The maximum Gasteiger partial charge on any atom is 0.305 e. The Hall–Kier alpha value is -1.14. The summed E-state index contributed by atoms with van der Waals surface area (Å²) in [4.78, 5) is 10.0. The molecular formula is C12H15FN2O2S. The maximum absolute atomic E-state index is 14.0. The summed E-state index contributed by atoms with van der Waals surface area (Å²) in [5.41, 5.74) is 5.72. The number of rotatable bonds is 4. The summed E-state index contributed by atoms with van der Waals surface area (Å²) in [6, 6.07) is 4.33. The van der Waals surface area contributed by atoms with Crippen LogP contribution in [0, 0.1) is 15.9 Å². The lowest BCUT2D eigenvalue weighted by molar-refractivity contribution is -0.387. The van der Waals surface area contributed by atoms with Gasteiger partial charge in [-0.05, 0) is 30.6 Å². The second kappa shape index (κ2) is 5.24. The molecule has 0 aliphatic carbocycles. The minimum absolute atomic E-state index is 0.157. The number of benzene rings is 1. The molecule has 1 aliphatic heterocycles. The van der Waals surface area contributed by atoms with Crippen molar-refractivity contribution in [1.29, 1.82) is 0 Å². The van der Waals surface area contributed by atoms with Crippen molar-refractivity contribution in [2.24, 2.45) is 5.73 Å². The van der Waals surface area contributed by atoms with Crippen LogP contribution in [-0.4, -0.2) is 22.0 Å². The number of hydrogen-bond donors (Lipinski definition) is 1. The van der Waals surface area contributed by atoms with Crippen LogP contribution in [0.3, 0.4) is 0 Å². The molecule has 1 aliphatic rings. The number of halogens is 1. The molecule has 0 bridgehead atoms. The molecule has 18 heavy (non-hydrogen) atoms. The first-order chi connectivity index (χ1) is 8.58. The second-order valence-corrected chi connectivity index (χ2v) is 6.09. The normalized spacial score (nSPS) is 23.2. The highest BCUT2D eigenvalue weighted by molar-refractivity contribution is 8.00. The van der Waals surface area contributed by atoms with Crippen LogP contribution < -0.4 is 5.73 Å².